The molecule has 0 fully saturated rings. The van der Waals surface area contributed by atoms with Crippen molar-refractivity contribution < 1.29 is 9.21 Å². The van der Waals surface area contributed by atoms with E-state index < -0.39 is 0 Å². The van der Waals surface area contributed by atoms with Crippen molar-refractivity contribution in [3.8, 4) is 11.5 Å². The van der Waals surface area contributed by atoms with Crippen molar-refractivity contribution in [3.05, 3.63) is 42.3 Å². The monoisotopic (exact) mass is 273 g/mol. The fourth-order valence-corrected chi connectivity index (χ4v) is 1.78. The first-order valence-electron chi connectivity index (χ1n) is 6.49. The molecule has 2 N–H and O–H groups in total. The van der Waals surface area contributed by atoms with Gasteiger partial charge in [-0.25, -0.2) is 4.79 Å². The van der Waals surface area contributed by atoms with Crippen LogP contribution in [-0.2, 0) is 6.54 Å². The van der Waals surface area contributed by atoms with Gasteiger partial charge in [0.05, 0.1) is 6.26 Å². The maximum atomic E-state index is 11.8. The summed E-state index contributed by atoms with van der Waals surface area (Å²) in [5.74, 6) is 0.693. The van der Waals surface area contributed by atoms with Gasteiger partial charge in [0.15, 0.2) is 5.76 Å². The molecule has 0 spiro atoms. The van der Waals surface area contributed by atoms with E-state index in [0.717, 1.165) is 11.3 Å². The lowest BCUT2D eigenvalue weighted by Crippen LogP contribution is -2.46. The first-order chi connectivity index (χ1) is 9.46. The third kappa shape index (κ3) is 3.85. The quantitative estimate of drug-likeness (QED) is 0.903. The number of carbonyl (C=O) groups excluding carboxylic acids is 1. The second-order valence-electron chi connectivity index (χ2n) is 5.55. The Hall–Kier alpha value is -2.30. The van der Waals surface area contributed by atoms with Gasteiger partial charge in [-0.3, -0.25) is 4.98 Å². The number of nitrogens with zero attached hydrogens (tertiary/aromatic N) is 1. The number of hydrogen-bond donors (Lipinski definition) is 2. The fourth-order valence-electron chi connectivity index (χ4n) is 1.78. The molecule has 0 bridgehead atoms. The molecule has 20 heavy (non-hydrogen) atoms. The first kappa shape index (κ1) is 14.1. The Morgan fingerprint density at radius 2 is 2.10 bits per heavy atom. The van der Waals surface area contributed by atoms with E-state index in [-0.39, 0.29) is 11.6 Å². The van der Waals surface area contributed by atoms with Crippen LogP contribution in [0.5, 0.6) is 0 Å². The number of urea groups is 1. The van der Waals surface area contributed by atoms with E-state index in [1.165, 1.54) is 0 Å². The second-order valence-corrected chi connectivity index (χ2v) is 5.55. The molecule has 2 aromatic rings. The van der Waals surface area contributed by atoms with Gasteiger partial charge >= 0.3 is 6.03 Å². The molecule has 0 aliphatic carbocycles. The Morgan fingerprint density at radius 3 is 2.75 bits per heavy atom. The molecule has 106 valence electrons. The molecule has 0 aliphatic rings. The van der Waals surface area contributed by atoms with Crippen molar-refractivity contribution in [1.29, 1.82) is 0 Å². The summed E-state index contributed by atoms with van der Waals surface area (Å²) in [4.78, 5) is 16.1. The van der Waals surface area contributed by atoms with E-state index in [1.807, 2.05) is 45.0 Å². The SMILES string of the molecule is CC(C)(C)NC(=O)NCc1cccnc1-c1ccco1. The van der Waals surface area contributed by atoms with Gasteiger partial charge in [-0.2, -0.15) is 0 Å². The van der Waals surface area contributed by atoms with Crippen molar-refractivity contribution in [2.45, 2.75) is 32.9 Å². The minimum absolute atomic E-state index is 0.202. The third-order valence-corrected chi connectivity index (χ3v) is 2.57. The van der Waals surface area contributed by atoms with E-state index >= 15 is 0 Å². The van der Waals surface area contributed by atoms with Crippen LogP contribution < -0.4 is 10.6 Å². The van der Waals surface area contributed by atoms with E-state index in [2.05, 4.69) is 15.6 Å². The summed E-state index contributed by atoms with van der Waals surface area (Å²) >= 11 is 0. The van der Waals surface area contributed by atoms with E-state index in [9.17, 15) is 4.79 Å². The highest BCUT2D eigenvalue weighted by Gasteiger charge is 2.14. The molecule has 2 aromatic heterocycles. The lowest BCUT2D eigenvalue weighted by molar-refractivity contribution is 0.231. The van der Waals surface area contributed by atoms with E-state index in [0.29, 0.717) is 12.3 Å². The van der Waals surface area contributed by atoms with Crippen LogP contribution in [0.1, 0.15) is 26.3 Å². The molecule has 2 heterocycles. The predicted molar refractivity (Wildman–Crippen MR) is 77.1 cm³/mol. The molecule has 0 aliphatic heterocycles. The van der Waals surface area contributed by atoms with Gasteiger partial charge in [-0.15, -0.1) is 0 Å². The molecule has 0 saturated heterocycles. The highest BCUT2D eigenvalue weighted by Crippen LogP contribution is 2.21. The van der Waals surface area contributed by atoms with Gasteiger partial charge in [-0.05, 0) is 39.0 Å². The molecule has 0 aromatic carbocycles. The summed E-state index contributed by atoms with van der Waals surface area (Å²) in [6.45, 7) is 6.20. The summed E-state index contributed by atoms with van der Waals surface area (Å²) in [6, 6.07) is 7.22. The number of nitrogens with one attached hydrogen (secondary N) is 2. The topological polar surface area (TPSA) is 67.2 Å². The highest BCUT2D eigenvalue weighted by molar-refractivity contribution is 5.75. The molecule has 5 nitrogen and oxygen atoms in total. The lowest BCUT2D eigenvalue weighted by atomic mass is 10.1. The Labute approximate surface area is 118 Å². The van der Waals surface area contributed by atoms with Gasteiger partial charge in [0.1, 0.15) is 5.69 Å². The van der Waals surface area contributed by atoms with Crippen LogP contribution in [0.3, 0.4) is 0 Å². The van der Waals surface area contributed by atoms with Crippen molar-refractivity contribution in [2.24, 2.45) is 0 Å². The highest BCUT2D eigenvalue weighted by atomic mass is 16.3. The van der Waals surface area contributed by atoms with Crippen LogP contribution in [0.25, 0.3) is 11.5 Å². The predicted octanol–water partition coefficient (Wildman–Crippen LogP) is 2.94. The smallest absolute Gasteiger partial charge is 0.315 e. The lowest BCUT2D eigenvalue weighted by Gasteiger charge is -2.20. The standard InChI is InChI=1S/C15H19N3O2/c1-15(2,3)18-14(19)17-10-11-6-4-8-16-13(11)12-7-5-9-20-12/h4-9H,10H2,1-3H3,(H2,17,18,19). The number of pyridine rings is 1. The molecule has 0 atom stereocenters. The molecule has 2 rings (SSSR count). The Morgan fingerprint density at radius 1 is 1.30 bits per heavy atom. The van der Waals surface area contributed by atoms with Gasteiger partial charge in [0.25, 0.3) is 0 Å². The van der Waals surface area contributed by atoms with Crippen LogP contribution in [0, 0.1) is 0 Å². The average molecular weight is 273 g/mol. The molecule has 0 unspecified atom stereocenters. The number of amides is 2. The molecule has 0 radical (unpaired) electrons. The van der Waals surface area contributed by atoms with Gasteiger partial charge in [-0.1, -0.05) is 6.07 Å². The summed E-state index contributed by atoms with van der Waals surface area (Å²) in [5.41, 5.74) is 1.39. The number of carbonyl (C=O) groups is 1. The minimum atomic E-state index is -0.261. The Kier molecular flexibility index (Phi) is 4.08. The zero-order chi connectivity index (χ0) is 14.6. The molecule has 2 amide bonds. The van der Waals surface area contributed by atoms with Crippen molar-refractivity contribution >= 4 is 6.03 Å². The number of hydrogen-bond acceptors (Lipinski definition) is 3. The van der Waals surface area contributed by atoms with Crippen molar-refractivity contribution in [1.82, 2.24) is 15.6 Å². The second kappa shape index (κ2) is 5.77. The van der Waals surface area contributed by atoms with Crippen LogP contribution in [0.2, 0.25) is 0 Å². The van der Waals surface area contributed by atoms with Crippen LogP contribution >= 0.6 is 0 Å². The molecule has 5 heteroatoms. The summed E-state index contributed by atoms with van der Waals surface area (Å²) in [7, 11) is 0. The fraction of sp³-hybridized carbons (Fsp3) is 0.333. The van der Waals surface area contributed by atoms with E-state index in [1.54, 1.807) is 12.5 Å². The molecule has 0 saturated carbocycles. The van der Waals surface area contributed by atoms with Crippen molar-refractivity contribution in [3.63, 3.8) is 0 Å². The molecular formula is C15H19N3O2. The largest absolute Gasteiger partial charge is 0.463 e. The number of rotatable bonds is 3. The van der Waals surface area contributed by atoms with E-state index in [4.69, 9.17) is 4.42 Å². The normalized spacial score (nSPS) is 11.2. The average Bonchev–Trinajstić information content (AvgIpc) is 2.88. The molecular weight excluding hydrogens is 254 g/mol. The summed E-state index contributed by atoms with van der Waals surface area (Å²) < 4.78 is 5.36. The van der Waals surface area contributed by atoms with Crippen LogP contribution in [0.4, 0.5) is 4.79 Å². The maximum Gasteiger partial charge on any atom is 0.315 e. The maximum absolute atomic E-state index is 11.8. The number of aromatic nitrogens is 1. The first-order valence-corrected chi connectivity index (χ1v) is 6.49. The van der Waals surface area contributed by atoms with Crippen LogP contribution in [-0.4, -0.2) is 16.6 Å². The zero-order valence-corrected chi connectivity index (χ0v) is 11.9. The Balaban J connectivity index is 2.06. The van der Waals surface area contributed by atoms with Gasteiger partial charge < -0.3 is 15.1 Å². The number of furan rings is 1. The third-order valence-electron chi connectivity index (χ3n) is 2.57. The zero-order valence-electron chi connectivity index (χ0n) is 11.9. The minimum Gasteiger partial charge on any atom is -0.463 e. The summed E-state index contributed by atoms with van der Waals surface area (Å²) in [5, 5.41) is 5.68. The van der Waals surface area contributed by atoms with Crippen molar-refractivity contribution in [2.75, 3.05) is 0 Å². The summed E-state index contributed by atoms with van der Waals surface area (Å²) in [6.07, 6.45) is 3.31. The Bertz CT molecular complexity index is 571. The van der Waals surface area contributed by atoms with Gasteiger partial charge in [0.2, 0.25) is 0 Å². The van der Waals surface area contributed by atoms with Gasteiger partial charge in [0, 0.05) is 23.8 Å². The van der Waals surface area contributed by atoms with Crippen LogP contribution in [0.15, 0.2) is 41.1 Å².